The van der Waals surface area contributed by atoms with E-state index >= 15 is 0 Å². The van der Waals surface area contributed by atoms with Crippen molar-refractivity contribution >= 4 is 22.7 Å². The molecule has 4 aliphatic carbocycles. The van der Waals surface area contributed by atoms with Crippen LogP contribution in [0.25, 0.3) is 64.0 Å². The Hall–Kier alpha value is -4.76. The van der Waals surface area contributed by atoms with Crippen molar-refractivity contribution in [3.05, 3.63) is 205 Å². The van der Waals surface area contributed by atoms with E-state index in [0.717, 1.165) is 11.8 Å². The van der Waals surface area contributed by atoms with Crippen LogP contribution in [-0.4, -0.2) is 0 Å². The fourth-order valence-corrected chi connectivity index (χ4v) is 13.7. The monoisotopic (exact) mass is 954 g/mol. The van der Waals surface area contributed by atoms with Gasteiger partial charge in [0.05, 0.1) is 0 Å². The maximum Gasteiger partial charge on any atom is 2.00 e. The van der Waals surface area contributed by atoms with E-state index in [-0.39, 0.29) is 42.8 Å². The van der Waals surface area contributed by atoms with E-state index in [4.69, 9.17) is 0 Å². The van der Waals surface area contributed by atoms with Crippen LogP contribution in [0.5, 0.6) is 0 Å². The summed E-state index contributed by atoms with van der Waals surface area (Å²) in [6, 6.07) is 56.1. The van der Waals surface area contributed by atoms with Crippen LogP contribution in [0.1, 0.15) is 135 Å². The summed E-state index contributed by atoms with van der Waals surface area (Å²) in [4.78, 5) is 5.33. The molecule has 0 radical (unpaired) electrons. The maximum absolute atomic E-state index is 2.46. The van der Waals surface area contributed by atoms with Crippen molar-refractivity contribution in [1.82, 2.24) is 0 Å². The van der Waals surface area contributed by atoms with Crippen molar-refractivity contribution < 1.29 is 17.1 Å². The van der Waals surface area contributed by atoms with Crippen LogP contribution in [0.15, 0.2) is 146 Å². The van der Waals surface area contributed by atoms with E-state index < -0.39 is 0 Å². The molecule has 3 heteroatoms. The van der Waals surface area contributed by atoms with Crippen LogP contribution < -0.4 is 0 Å². The molecule has 67 heavy (non-hydrogen) atoms. The topological polar surface area (TPSA) is 0 Å². The average Bonchev–Trinajstić information content (AvgIpc) is 4.19. The number of aryl methyl sites for hydroxylation is 2. The SMILES string of the molecule is Cc1ccc(C2CCCC2)cc1.Cc1ccc2c(c1)C(C)(C)c1cc(-c3ccc(-c4ccc(-c5ccc6c(c5)C(C)(C)c5cc(-c7ccc(C8CCCC8)cc7)ccc5-6)s4)s3)ccc1-2.[CH3-].[CH3-].[Fe+2]. The Morgan fingerprint density at radius 3 is 1.13 bits per heavy atom. The zero-order valence-electron chi connectivity index (χ0n) is 40.8. The van der Waals surface area contributed by atoms with Gasteiger partial charge in [-0.1, -0.05) is 168 Å². The Labute approximate surface area is 421 Å². The fourth-order valence-electron chi connectivity index (χ4n) is 11.6. The number of hydrogen-bond acceptors (Lipinski definition) is 2. The molecule has 0 N–H and O–H groups in total. The standard InChI is InChI=1S/C50H44S2.C12H16.2CH3.Fe/c1-30-10-18-37-39-20-16-35(28-43(39)49(2,3)41(37)26-30)45-22-24-47(51-45)48-25-23-46(52-48)36-17-21-40-38-19-15-34(27-42(38)50(4,5)44(40)29-36)33-13-11-32(12-14-33)31-8-6-7-9-31;1-10-6-8-12(9-7-10)11-4-2-3-5-11;;;/h10-29,31H,6-9H2,1-5H3;6-9,11H,2-5H2,1H3;2*1H3;/q;;2*-1;+2. The minimum atomic E-state index is -0.0617. The third-order valence-corrected chi connectivity index (χ3v) is 18.0. The molecule has 2 aromatic heterocycles. The number of benzene rings is 6. The van der Waals surface area contributed by atoms with E-state index in [2.05, 4.69) is 187 Å². The summed E-state index contributed by atoms with van der Waals surface area (Å²) in [6.07, 6.45) is 11.1. The number of thiophene rings is 2. The molecule has 0 amide bonds. The molecule has 0 saturated heterocycles. The Bertz CT molecular complexity index is 3010. The Morgan fingerprint density at radius 2 is 0.687 bits per heavy atom. The van der Waals surface area contributed by atoms with Crippen LogP contribution in [0.3, 0.4) is 0 Å². The molecule has 4 aliphatic rings. The first-order valence-corrected chi connectivity index (χ1v) is 25.6. The van der Waals surface area contributed by atoms with E-state index in [0.29, 0.717) is 0 Å². The van der Waals surface area contributed by atoms with Gasteiger partial charge in [0, 0.05) is 30.3 Å². The smallest absolute Gasteiger partial charge is 0.358 e. The van der Waals surface area contributed by atoms with Gasteiger partial charge in [0.1, 0.15) is 0 Å². The summed E-state index contributed by atoms with van der Waals surface area (Å²) in [5.41, 5.74) is 22.3. The third-order valence-electron chi connectivity index (χ3n) is 15.5. The van der Waals surface area contributed by atoms with Crippen LogP contribution in [0.4, 0.5) is 0 Å². The molecule has 0 nitrogen and oxygen atoms in total. The molecule has 2 heterocycles. The van der Waals surface area contributed by atoms with Crippen LogP contribution in [0, 0.1) is 28.7 Å². The molecule has 0 bridgehead atoms. The zero-order chi connectivity index (χ0) is 43.7. The summed E-state index contributed by atoms with van der Waals surface area (Å²) in [6.45, 7) is 13.9. The van der Waals surface area contributed by atoms with Gasteiger partial charge in [-0.15, -0.1) is 22.7 Å². The predicted molar refractivity (Wildman–Crippen MR) is 290 cm³/mol. The van der Waals surface area contributed by atoms with E-state index in [1.165, 1.54) is 154 Å². The Morgan fingerprint density at radius 1 is 0.358 bits per heavy atom. The number of rotatable bonds is 6. The molecule has 0 spiro atoms. The summed E-state index contributed by atoms with van der Waals surface area (Å²) in [5, 5.41) is 0. The van der Waals surface area contributed by atoms with Gasteiger partial charge in [0.15, 0.2) is 0 Å². The first-order chi connectivity index (χ1) is 31.0. The average molecular weight is 955 g/mol. The van der Waals surface area contributed by atoms with Crippen molar-refractivity contribution in [1.29, 1.82) is 0 Å². The molecule has 0 unspecified atom stereocenters. The molecule has 0 aliphatic heterocycles. The molecular weight excluding hydrogens is 889 g/mol. The third kappa shape index (κ3) is 8.92. The van der Waals surface area contributed by atoms with Gasteiger partial charge in [-0.3, -0.25) is 0 Å². The number of hydrogen-bond donors (Lipinski definition) is 0. The van der Waals surface area contributed by atoms with Crippen molar-refractivity contribution in [2.45, 2.75) is 116 Å². The van der Waals surface area contributed by atoms with Crippen LogP contribution in [-0.2, 0) is 27.9 Å². The second-order valence-electron chi connectivity index (χ2n) is 20.4. The van der Waals surface area contributed by atoms with Crippen molar-refractivity contribution in [3.8, 4) is 64.0 Å². The molecule has 12 rings (SSSR count). The zero-order valence-corrected chi connectivity index (χ0v) is 43.6. The second kappa shape index (κ2) is 19.3. The van der Waals surface area contributed by atoms with Crippen molar-refractivity contribution in [2.24, 2.45) is 0 Å². The summed E-state index contributed by atoms with van der Waals surface area (Å²) < 4.78 is 0. The van der Waals surface area contributed by atoms with Gasteiger partial charge in [0.2, 0.25) is 0 Å². The van der Waals surface area contributed by atoms with E-state index in [1.54, 1.807) is 5.56 Å². The van der Waals surface area contributed by atoms with Gasteiger partial charge < -0.3 is 14.9 Å². The minimum absolute atomic E-state index is 0. The molecular formula is C64H66FeS2. The van der Waals surface area contributed by atoms with Crippen molar-refractivity contribution in [2.75, 3.05) is 0 Å². The van der Waals surface area contributed by atoms with Gasteiger partial charge in [-0.2, -0.15) is 0 Å². The molecule has 8 aromatic rings. The fraction of sp³-hybridized carbons (Fsp3) is 0.281. The van der Waals surface area contributed by atoms with Gasteiger partial charge in [0.25, 0.3) is 0 Å². The predicted octanol–water partition coefficient (Wildman–Crippen LogP) is 19.6. The van der Waals surface area contributed by atoms with Crippen LogP contribution in [0.2, 0.25) is 0 Å². The Kier molecular flexibility index (Phi) is 14.0. The molecule has 2 fully saturated rings. The molecule has 6 aromatic carbocycles. The van der Waals surface area contributed by atoms with Crippen LogP contribution >= 0.6 is 22.7 Å². The molecule has 2 saturated carbocycles. The van der Waals surface area contributed by atoms with Crippen molar-refractivity contribution in [3.63, 3.8) is 0 Å². The summed E-state index contributed by atoms with van der Waals surface area (Å²) in [7, 11) is 0. The quantitative estimate of drug-likeness (QED) is 0.115. The first kappa shape index (κ1) is 48.7. The van der Waals surface area contributed by atoms with E-state index in [9.17, 15) is 0 Å². The first-order valence-electron chi connectivity index (χ1n) is 23.9. The minimum Gasteiger partial charge on any atom is -0.358 e. The molecule has 0 atom stereocenters. The largest absolute Gasteiger partial charge is 2.00 e. The molecule has 342 valence electrons. The van der Waals surface area contributed by atoms with Gasteiger partial charge in [-0.25, -0.2) is 0 Å². The van der Waals surface area contributed by atoms with Gasteiger partial charge in [-0.05, 0) is 172 Å². The summed E-state index contributed by atoms with van der Waals surface area (Å²) >= 11 is 3.82. The number of fused-ring (bicyclic) bond motifs is 6. The maximum atomic E-state index is 2.46. The summed E-state index contributed by atoms with van der Waals surface area (Å²) in [5.74, 6) is 1.62. The normalized spacial score (nSPS) is 16.1. The second-order valence-corrected chi connectivity index (χ2v) is 22.6. The van der Waals surface area contributed by atoms with Gasteiger partial charge >= 0.3 is 17.1 Å². The van der Waals surface area contributed by atoms with E-state index in [1.807, 2.05) is 22.7 Å². The Balaban J connectivity index is 0.000000354.